The molecular weight excluding hydrogens is 284 g/mol. The molecule has 110 valence electrons. The molecule has 0 radical (unpaired) electrons. The van der Waals surface area contributed by atoms with E-state index in [4.69, 9.17) is 5.73 Å². The topological polar surface area (TPSA) is 98.9 Å². The van der Waals surface area contributed by atoms with Gasteiger partial charge in [0.05, 0.1) is 19.1 Å². The molecule has 2 N–H and O–H groups in total. The third-order valence-corrected chi connectivity index (χ3v) is 3.60. The number of nitrogens with two attached hydrogens (primary N) is 1. The Morgan fingerprint density at radius 1 is 1.20 bits per heavy atom. The first-order chi connectivity index (χ1) is 9.38. The number of rotatable bonds is 5. The number of carbonyl (C=O) groups is 3. The summed E-state index contributed by atoms with van der Waals surface area (Å²) in [7, 11) is 2.41. The van der Waals surface area contributed by atoms with Crippen LogP contribution in [0, 0.1) is 6.92 Å². The molecule has 20 heavy (non-hydrogen) atoms. The summed E-state index contributed by atoms with van der Waals surface area (Å²) in [5.74, 6) is -1.71. The molecule has 0 bridgehead atoms. The normalized spacial score (nSPS) is 9.95. The van der Waals surface area contributed by atoms with Crippen molar-refractivity contribution in [2.45, 2.75) is 6.92 Å². The number of nitrogen functional groups attached to an aromatic ring is 1. The molecule has 7 nitrogen and oxygen atoms in total. The van der Waals surface area contributed by atoms with Crippen molar-refractivity contribution in [3.05, 3.63) is 15.8 Å². The molecule has 0 saturated heterocycles. The van der Waals surface area contributed by atoms with Gasteiger partial charge in [0, 0.05) is 10.6 Å². The lowest BCUT2D eigenvalue weighted by molar-refractivity contribution is -0.144. The van der Waals surface area contributed by atoms with E-state index in [2.05, 4.69) is 9.47 Å². The summed E-state index contributed by atoms with van der Waals surface area (Å²) in [6.07, 6.45) is 0. The zero-order valence-electron chi connectivity index (χ0n) is 11.5. The molecule has 0 spiro atoms. The van der Waals surface area contributed by atoms with Crippen LogP contribution in [0.25, 0.3) is 0 Å². The maximum Gasteiger partial charge on any atom is 0.325 e. The average Bonchev–Trinajstić information content (AvgIpc) is 2.76. The van der Waals surface area contributed by atoms with E-state index in [1.807, 2.05) is 0 Å². The van der Waals surface area contributed by atoms with Crippen molar-refractivity contribution in [2.75, 3.05) is 33.0 Å². The van der Waals surface area contributed by atoms with E-state index in [0.29, 0.717) is 10.6 Å². The fourth-order valence-electron chi connectivity index (χ4n) is 1.40. The molecule has 0 aliphatic rings. The van der Waals surface area contributed by atoms with Crippen LogP contribution in [-0.4, -0.2) is 50.1 Å². The number of anilines is 1. The Balaban J connectivity index is 2.93. The zero-order valence-corrected chi connectivity index (χ0v) is 12.3. The second kappa shape index (κ2) is 6.90. The molecule has 8 heteroatoms. The molecule has 0 unspecified atom stereocenters. The maximum atomic E-state index is 12.3. The van der Waals surface area contributed by atoms with Gasteiger partial charge >= 0.3 is 11.9 Å². The predicted molar refractivity (Wildman–Crippen MR) is 73.4 cm³/mol. The van der Waals surface area contributed by atoms with Crippen molar-refractivity contribution in [3.63, 3.8) is 0 Å². The zero-order chi connectivity index (χ0) is 15.3. The van der Waals surface area contributed by atoms with Crippen LogP contribution >= 0.6 is 11.3 Å². The van der Waals surface area contributed by atoms with Gasteiger partial charge in [-0.3, -0.25) is 14.4 Å². The van der Waals surface area contributed by atoms with E-state index < -0.39 is 17.8 Å². The van der Waals surface area contributed by atoms with Crippen LogP contribution in [-0.2, 0) is 19.1 Å². The van der Waals surface area contributed by atoms with Gasteiger partial charge in [-0.15, -0.1) is 11.3 Å². The van der Waals surface area contributed by atoms with E-state index in [0.717, 1.165) is 9.78 Å². The first-order valence-corrected chi connectivity index (χ1v) is 6.49. The largest absolute Gasteiger partial charge is 0.468 e. The molecule has 1 amide bonds. The molecule has 1 aromatic heterocycles. The molecule has 0 aromatic carbocycles. The third-order valence-electron chi connectivity index (χ3n) is 2.55. The smallest absolute Gasteiger partial charge is 0.325 e. The fourth-order valence-corrected chi connectivity index (χ4v) is 2.31. The minimum absolute atomic E-state index is 0.332. The Hall–Kier alpha value is -2.09. The van der Waals surface area contributed by atoms with Gasteiger partial charge in [0.2, 0.25) is 0 Å². The summed E-state index contributed by atoms with van der Waals surface area (Å²) in [6.45, 7) is 1.12. The Kier molecular flexibility index (Phi) is 5.51. The third kappa shape index (κ3) is 3.95. The number of methoxy groups -OCH3 is 2. The van der Waals surface area contributed by atoms with Crippen LogP contribution in [0.4, 0.5) is 5.69 Å². The van der Waals surface area contributed by atoms with Crippen molar-refractivity contribution in [1.82, 2.24) is 4.90 Å². The number of amides is 1. The lowest BCUT2D eigenvalue weighted by Crippen LogP contribution is -2.39. The van der Waals surface area contributed by atoms with E-state index in [1.54, 1.807) is 6.92 Å². The van der Waals surface area contributed by atoms with Crippen molar-refractivity contribution in [1.29, 1.82) is 0 Å². The van der Waals surface area contributed by atoms with Gasteiger partial charge in [0.25, 0.3) is 5.91 Å². The number of ether oxygens (including phenoxy) is 2. The van der Waals surface area contributed by atoms with Gasteiger partial charge in [-0.05, 0) is 13.0 Å². The van der Waals surface area contributed by atoms with E-state index in [-0.39, 0.29) is 13.1 Å². The van der Waals surface area contributed by atoms with Gasteiger partial charge in [-0.2, -0.15) is 0 Å². The van der Waals surface area contributed by atoms with E-state index in [9.17, 15) is 14.4 Å². The Morgan fingerprint density at radius 2 is 1.70 bits per heavy atom. The van der Waals surface area contributed by atoms with Crippen LogP contribution < -0.4 is 5.73 Å². The summed E-state index contributed by atoms with van der Waals surface area (Å²) in [6, 6.07) is 1.52. The van der Waals surface area contributed by atoms with Crippen molar-refractivity contribution in [2.24, 2.45) is 0 Å². The van der Waals surface area contributed by atoms with Crippen LogP contribution in [0.2, 0.25) is 0 Å². The summed E-state index contributed by atoms with van der Waals surface area (Å²) in [5, 5.41) is 0. The van der Waals surface area contributed by atoms with Crippen molar-refractivity contribution >= 4 is 34.9 Å². The minimum Gasteiger partial charge on any atom is -0.468 e. The highest BCUT2D eigenvalue weighted by Crippen LogP contribution is 2.24. The van der Waals surface area contributed by atoms with Crippen molar-refractivity contribution in [3.8, 4) is 0 Å². The number of aryl methyl sites for hydroxylation is 1. The lowest BCUT2D eigenvalue weighted by Gasteiger charge is -2.19. The van der Waals surface area contributed by atoms with Crippen LogP contribution in [0.3, 0.4) is 0 Å². The molecule has 1 rings (SSSR count). The van der Waals surface area contributed by atoms with Gasteiger partial charge < -0.3 is 20.1 Å². The number of hydrogen-bond donors (Lipinski definition) is 1. The van der Waals surface area contributed by atoms with Crippen LogP contribution in [0.15, 0.2) is 6.07 Å². The highest BCUT2D eigenvalue weighted by atomic mass is 32.1. The molecule has 0 fully saturated rings. The summed E-state index contributed by atoms with van der Waals surface area (Å²) >= 11 is 1.20. The highest BCUT2D eigenvalue weighted by Gasteiger charge is 2.24. The molecule has 0 aliphatic carbocycles. The highest BCUT2D eigenvalue weighted by molar-refractivity contribution is 7.14. The quantitative estimate of drug-likeness (QED) is 0.792. The molecule has 0 atom stereocenters. The Labute approximate surface area is 120 Å². The summed E-state index contributed by atoms with van der Waals surface area (Å²) in [4.78, 5) is 37.1. The van der Waals surface area contributed by atoms with Crippen LogP contribution in [0.1, 0.15) is 14.5 Å². The fraction of sp³-hybridized carbons (Fsp3) is 0.417. The van der Waals surface area contributed by atoms with Gasteiger partial charge in [-0.25, -0.2) is 0 Å². The number of hydrogen-bond acceptors (Lipinski definition) is 7. The monoisotopic (exact) mass is 300 g/mol. The number of esters is 2. The number of carbonyl (C=O) groups excluding carboxylic acids is 3. The molecular formula is C12H16N2O5S. The second-order valence-electron chi connectivity index (χ2n) is 3.94. The van der Waals surface area contributed by atoms with Crippen LogP contribution in [0.5, 0.6) is 0 Å². The van der Waals surface area contributed by atoms with E-state index in [1.165, 1.54) is 31.6 Å². The molecule has 0 saturated carbocycles. The standard InChI is InChI=1S/C12H16N2O5S/c1-7-8(13)4-9(20-7)12(17)14(5-10(15)18-2)6-11(16)19-3/h4H,5-6,13H2,1-3H3. The Morgan fingerprint density at radius 3 is 2.05 bits per heavy atom. The summed E-state index contributed by atoms with van der Waals surface area (Å²) < 4.78 is 9.01. The SMILES string of the molecule is COC(=O)CN(CC(=O)OC)C(=O)c1cc(N)c(C)s1. The van der Waals surface area contributed by atoms with Gasteiger partial charge in [0.15, 0.2) is 0 Å². The Bertz CT molecular complexity index is 488. The molecule has 0 aliphatic heterocycles. The average molecular weight is 300 g/mol. The molecule has 1 heterocycles. The lowest BCUT2D eigenvalue weighted by atomic mass is 10.3. The number of thiophene rings is 1. The number of nitrogens with zero attached hydrogens (tertiary/aromatic N) is 1. The maximum absolute atomic E-state index is 12.3. The predicted octanol–water partition coefficient (Wildman–Crippen LogP) is 0.427. The first-order valence-electron chi connectivity index (χ1n) is 5.67. The van der Waals surface area contributed by atoms with Crippen molar-refractivity contribution < 1.29 is 23.9 Å². The van der Waals surface area contributed by atoms with E-state index >= 15 is 0 Å². The first kappa shape index (κ1) is 16.0. The van der Waals surface area contributed by atoms with Gasteiger partial charge in [0.1, 0.15) is 13.1 Å². The second-order valence-corrected chi connectivity index (χ2v) is 5.19. The minimum atomic E-state index is -0.622. The van der Waals surface area contributed by atoms with Gasteiger partial charge in [-0.1, -0.05) is 0 Å². The summed E-state index contributed by atoms with van der Waals surface area (Å²) in [5.41, 5.74) is 6.18. The molecule has 1 aromatic rings.